The molecule has 0 spiro atoms. The van der Waals surface area contributed by atoms with Crippen molar-refractivity contribution in [1.82, 2.24) is 25.8 Å². The van der Waals surface area contributed by atoms with Crippen molar-refractivity contribution in [2.24, 2.45) is 0 Å². The zero-order chi connectivity index (χ0) is 15.8. The van der Waals surface area contributed by atoms with Gasteiger partial charge in [0.1, 0.15) is 5.75 Å². The van der Waals surface area contributed by atoms with Crippen molar-refractivity contribution in [3.05, 3.63) is 35.0 Å². The van der Waals surface area contributed by atoms with Gasteiger partial charge < -0.3 is 9.26 Å². The van der Waals surface area contributed by atoms with Crippen molar-refractivity contribution < 1.29 is 14.1 Å². The minimum absolute atomic E-state index is 0.0876. The Kier molecular flexibility index (Phi) is 3.04. The van der Waals surface area contributed by atoms with Crippen molar-refractivity contribution in [2.75, 3.05) is 12.4 Å². The number of amides is 1. The van der Waals surface area contributed by atoms with E-state index in [1.807, 2.05) is 18.2 Å². The van der Waals surface area contributed by atoms with Crippen LogP contribution in [-0.4, -0.2) is 38.8 Å². The molecule has 1 aliphatic rings. The second kappa shape index (κ2) is 5.20. The highest BCUT2D eigenvalue weighted by Crippen LogP contribution is 2.39. The van der Waals surface area contributed by atoms with Crippen LogP contribution in [0.2, 0.25) is 0 Å². The van der Waals surface area contributed by atoms with Gasteiger partial charge in [0.15, 0.2) is 11.5 Å². The molecular formula is C14H12N6O3. The van der Waals surface area contributed by atoms with Crippen molar-refractivity contribution in [3.63, 3.8) is 0 Å². The van der Waals surface area contributed by atoms with Gasteiger partial charge in [0.05, 0.1) is 7.11 Å². The second-order valence-electron chi connectivity index (χ2n) is 5.01. The van der Waals surface area contributed by atoms with Gasteiger partial charge in [0.2, 0.25) is 0 Å². The normalized spacial score (nSPS) is 12.4. The molecule has 2 N–H and O–H groups in total. The Bertz CT molecular complexity index is 871. The lowest BCUT2D eigenvalue weighted by atomic mass is 9.89. The summed E-state index contributed by atoms with van der Waals surface area (Å²) in [7, 11) is 1.63. The number of benzene rings is 1. The summed E-state index contributed by atoms with van der Waals surface area (Å²) in [5.74, 6) is 1.07. The first-order valence-corrected chi connectivity index (χ1v) is 6.97. The number of hydrogen-bond donors (Lipinski definition) is 2. The van der Waals surface area contributed by atoms with E-state index in [0.717, 1.165) is 28.9 Å². The first kappa shape index (κ1) is 13.4. The summed E-state index contributed by atoms with van der Waals surface area (Å²) in [6.45, 7) is 0. The van der Waals surface area contributed by atoms with Gasteiger partial charge in [-0.2, -0.15) is 5.21 Å². The van der Waals surface area contributed by atoms with Gasteiger partial charge >= 0.3 is 0 Å². The van der Waals surface area contributed by atoms with E-state index >= 15 is 0 Å². The first-order valence-electron chi connectivity index (χ1n) is 6.97. The summed E-state index contributed by atoms with van der Waals surface area (Å²) in [5, 5.41) is 19.5. The molecular weight excluding hydrogens is 300 g/mol. The minimum Gasteiger partial charge on any atom is -0.496 e. The molecule has 0 unspecified atom stereocenters. The number of aromatic nitrogens is 5. The number of aromatic amines is 1. The second-order valence-corrected chi connectivity index (χ2v) is 5.01. The molecule has 4 rings (SSSR count). The number of ether oxygens (including phenoxy) is 1. The average molecular weight is 312 g/mol. The third kappa shape index (κ3) is 2.13. The first-order chi connectivity index (χ1) is 11.3. The summed E-state index contributed by atoms with van der Waals surface area (Å²) in [5.41, 5.74) is 2.96. The predicted octanol–water partition coefficient (Wildman–Crippen LogP) is 1.21. The number of nitrogens with one attached hydrogen (secondary N) is 2. The fraction of sp³-hybridized carbons (Fsp3) is 0.214. The summed E-state index contributed by atoms with van der Waals surface area (Å²) in [6, 6.07) is 5.72. The highest BCUT2D eigenvalue weighted by atomic mass is 16.5. The standard InChI is InChI=1S/C14H12N6O3/c1-22-10-4-2-3-8-7(10)5-6-9-11(18-23-12(8)9)13(21)15-14-16-19-20-17-14/h2-4H,5-6H2,1H3,(H2,15,16,17,19,20,21). The summed E-state index contributed by atoms with van der Waals surface area (Å²) in [4.78, 5) is 12.3. The quantitative estimate of drug-likeness (QED) is 0.746. The molecule has 23 heavy (non-hydrogen) atoms. The average Bonchev–Trinajstić information content (AvgIpc) is 3.23. The van der Waals surface area contributed by atoms with Gasteiger partial charge in [-0.15, -0.1) is 5.10 Å². The Balaban J connectivity index is 1.72. The summed E-state index contributed by atoms with van der Waals surface area (Å²) >= 11 is 0. The zero-order valence-corrected chi connectivity index (χ0v) is 12.2. The number of tetrazole rings is 1. The van der Waals surface area contributed by atoms with Crippen molar-refractivity contribution in [2.45, 2.75) is 12.8 Å². The molecule has 1 amide bonds. The number of carbonyl (C=O) groups excluding carboxylic acids is 1. The largest absolute Gasteiger partial charge is 0.496 e. The fourth-order valence-electron chi connectivity index (χ4n) is 2.78. The third-order valence-electron chi connectivity index (χ3n) is 3.80. The van der Waals surface area contributed by atoms with Crippen LogP contribution in [0.5, 0.6) is 5.75 Å². The lowest BCUT2D eigenvalue weighted by Crippen LogP contribution is -2.16. The van der Waals surface area contributed by atoms with Crippen LogP contribution in [0.4, 0.5) is 5.95 Å². The predicted molar refractivity (Wildman–Crippen MR) is 78.0 cm³/mol. The Hall–Kier alpha value is -3.23. The molecule has 2 heterocycles. The molecule has 0 bridgehead atoms. The van der Waals surface area contributed by atoms with Gasteiger partial charge in [0, 0.05) is 16.7 Å². The van der Waals surface area contributed by atoms with E-state index in [-0.39, 0.29) is 11.6 Å². The van der Waals surface area contributed by atoms with E-state index in [1.165, 1.54) is 0 Å². The van der Waals surface area contributed by atoms with E-state index in [0.29, 0.717) is 12.2 Å². The molecule has 3 aromatic rings. The molecule has 2 aromatic heterocycles. The van der Waals surface area contributed by atoms with E-state index in [9.17, 15) is 4.79 Å². The highest BCUT2D eigenvalue weighted by Gasteiger charge is 2.29. The van der Waals surface area contributed by atoms with Crippen molar-refractivity contribution in [1.29, 1.82) is 0 Å². The van der Waals surface area contributed by atoms with Gasteiger partial charge in [-0.25, -0.2) is 0 Å². The number of methoxy groups -OCH3 is 1. The van der Waals surface area contributed by atoms with Crippen LogP contribution in [0.15, 0.2) is 22.7 Å². The van der Waals surface area contributed by atoms with Crippen LogP contribution in [0, 0.1) is 0 Å². The Labute approximate surface area is 130 Å². The van der Waals surface area contributed by atoms with E-state index in [2.05, 4.69) is 31.1 Å². The van der Waals surface area contributed by atoms with E-state index in [4.69, 9.17) is 9.26 Å². The Morgan fingerprint density at radius 2 is 2.22 bits per heavy atom. The smallest absolute Gasteiger partial charge is 0.280 e. The number of anilines is 1. The SMILES string of the molecule is COc1cccc2c1CCc1c(C(=O)Nc3nn[nH]n3)noc1-2. The molecule has 9 heteroatoms. The van der Waals surface area contributed by atoms with Gasteiger partial charge in [0.25, 0.3) is 11.9 Å². The molecule has 0 fully saturated rings. The maximum atomic E-state index is 12.3. The summed E-state index contributed by atoms with van der Waals surface area (Å²) < 4.78 is 10.8. The van der Waals surface area contributed by atoms with E-state index in [1.54, 1.807) is 7.11 Å². The number of hydrogen-bond acceptors (Lipinski definition) is 7. The van der Waals surface area contributed by atoms with Crippen LogP contribution < -0.4 is 10.1 Å². The monoisotopic (exact) mass is 312 g/mol. The molecule has 0 saturated carbocycles. The molecule has 1 aliphatic carbocycles. The highest BCUT2D eigenvalue weighted by molar-refractivity contribution is 6.03. The van der Waals surface area contributed by atoms with Crippen molar-refractivity contribution in [3.8, 4) is 17.1 Å². The molecule has 0 saturated heterocycles. The maximum absolute atomic E-state index is 12.3. The fourth-order valence-corrected chi connectivity index (χ4v) is 2.78. The topological polar surface area (TPSA) is 119 Å². The van der Waals surface area contributed by atoms with Crippen LogP contribution in [0.1, 0.15) is 21.6 Å². The van der Waals surface area contributed by atoms with E-state index < -0.39 is 5.91 Å². The maximum Gasteiger partial charge on any atom is 0.280 e. The number of rotatable bonds is 3. The molecule has 0 radical (unpaired) electrons. The summed E-state index contributed by atoms with van der Waals surface area (Å²) in [6.07, 6.45) is 1.39. The number of nitrogens with zero attached hydrogens (tertiary/aromatic N) is 4. The van der Waals surface area contributed by atoms with Crippen LogP contribution in [0.25, 0.3) is 11.3 Å². The van der Waals surface area contributed by atoms with Crippen LogP contribution in [0.3, 0.4) is 0 Å². The number of H-pyrrole nitrogens is 1. The minimum atomic E-state index is -0.428. The Morgan fingerprint density at radius 1 is 1.35 bits per heavy atom. The Morgan fingerprint density at radius 3 is 3.00 bits per heavy atom. The molecule has 0 atom stereocenters. The number of carbonyl (C=O) groups is 1. The number of fused-ring (bicyclic) bond motifs is 3. The zero-order valence-electron chi connectivity index (χ0n) is 12.2. The molecule has 9 nitrogen and oxygen atoms in total. The van der Waals surface area contributed by atoms with Crippen LogP contribution in [-0.2, 0) is 12.8 Å². The van der Waals surface area contributed by atoms with Gasteiger partial charge in [-0.05, 0) is 24.1 Å². The molecule has 1 aromatic carbocycles. The van der Waals surface area contributed by atoms with Gasteiger partial charge in [-0.1, -0.05) is 22.4 Å². The molecule has 116 valence electrons. The van der Waals surface area contributed by atoms with Crippen LogP contribution >= 0.6 is 0 Å². The lowest BCUT2D eigenvalue weighted by Gasteiger charge is -2.17. The third-order valence-corrected chi connectivity index (χ3v) is 3.80. The molecule has 0 aliphatic heterocycles. The van der Waals surface area contributed by atoms with Crippen molar-refractivity contribution >= 4 is 11.9 Å². The van der Waals surface area contributed by atoms with Gasteiger partial charge in [-0.3, -0.25) is 10.1 Å². The lowest BCUT2D eigenvalue weighted by molar-refractivity contribution is 0.101.